The third-order valence-corrected chi connectivity index (χ3v) is 8.48. The Morgan fingerprint density at radius 3 is 1.96 bits per heavy atom. The molecule has 0 bridgehead atoms. The first-order chi connectivity index (χ1) is 13.5. The highest BCUT2D eigenvalue weighted by Gasteiger charge is 2.56. The second kappa shape index (κ2) is 11.7. The first-order valence-electron chi connectivity index (χ1n) is 12.7. The van der Waals surface area contributed by atoms with Crippen molar-refractivity contribution < 1.29 is 9.90 Å². The van der Waals surface area contributed by atoms with Gasteiger partial charge in [0, 0.05) is 5.92 Å². The molecule has 8 unspecified atom stereocenters. The highest BCUT2D eigenvalue weighted by atomic mass is 16.3. The molecule has 0 aromatic carbocycles. The molecule has 4 fully saturated rings. The van der Waals surface area contributed by atoms with Crippen LogP contribution in [0.4, 0.5) is 0 Å². The smallest absolute Gasteiger partial charge is 0.133 e. The summed E-state index contributed by atoms with van der Waals surface area (Å²) in [5, 5.41) is 10.1. The van der Waals surface area contributed by atoms with Crippen molar-refractivity contribution in [2.45, 2.75) is 119 Å². The summed E-state index contributed by atoms with van der Waals surface area (Å²) < 4.78 is 0. The van der Waals surface area contributed by atoms with E-state index in [2.05, 4.69) is 6.92 Å². The Kier molecular flexibility index (Phi) is 10.7. The lowest BCUT2D eigenvalue weighted by Gasteiger charge is -2.58. The first-order valence-corrected chi connectivity index (χ1v) is 12.7. The van der Waals surface area contributed by atoms with E-state index in [-0.39, 0.29) is 6.10 Å². The largest absolute Gasteiger partial charge is 0.393 e. The summed E-state index contributed by atoms with van der Waals surface area (Å²) in [6.45, 7) is 16.4. The summed E-state index contributed by atoms with van der Waals surface area (Å²) in [6, 6.07) is 0. The first kappa shape index (κ1) is 25.7. The minimum absolute atomic E-state index is 0.0421. The lowest BCUT2D eigenvalue weighted by molar-refractivity contribution is -0.126. The Labute approximate surface area is 176 Å². The second-order valence-corrected chi connectivity index (χ2v) is 9.18. The van der Waals surface area contributed by atoms with Gasteiger partial charge in [0.15, 0.2) is 0 Å². The topological polar surface area (TPSA) is 37.3 Å². The van der Waals surface area contributed by atoms with E-state index in [1.165, 1.54) is 38.5 Å². The molecule has 4 aliphatic rings. The van der Waals surface area contributed by atoms with Crippen LogP contribution in [0.15, 0.2) is 0 Å². The minimum atomic E-state index is -0.0421. The molecule has 166 valence electrons. The Bertz CT molecular complexity index is 459. The highest BCUT2D eigenvalue weighted by molar-refractivity contribution is 5.79. The van der Waals surface area contributed by atoms with Gasteiger partial charge in [-0.1, -0.05) is 48.5 Å². The van der Waals surface area contributed by atoms with Crippen molar-refractivity contribution in [1.29, 1.82) is 0 Å². The molecule has 0 aromatic heterocycles. The maximum atomic E-state index is 12.0. The van der Waals surface area contributed by atoms with Gasteiger partial charge in [-0.3, -0.25) is 4.79 Å². The van der Waals surface area contributed by atoms with Crippen molar-refractivity contribution in [3.05, 3.63) is 0 Å². The van der Waals surface area contributed by atoms with Gasteiger partial charge in [0.05, 0.1) is 6.10 Å². The van der Waals surface area contributed by atoms with Crippen molar-refractivity contribution in [2.24, 2.45) is 40.9 Å². The predicted octanol–water partition coefficient (Wildman–Crippen LogP) is 7.28. The molecule has 2 heteroatoms. The Hall–Kier alpha value is -0.370. The number of carbonyl (C=O) groups excluding carboxylic acids is 1. The Balaban J connectivity index is 0.000000599. The molecule has 1 N–H and O–H groups in total. The van der Waals surface area contributed by atoms with Crippen LogP contribution in [-0.4, -0.2) is 17.0 Å². The third-order valence-electron chi connectivity index (χ3n) is 8.48. The van der Waals surface area contributed by atoms with Crippen LogP contribution < -0.4 is 0 Å². The van der Waals surface area contributed by atoms with Crippen LogP contribution in [0.1, 0.15) is 113 Å². The van der Waals surface area contributed by atoms with E-state index in [4.69, 9.17) is 0 Å². The average molecular weight is 395 g/mol. The molecular weight excluding hydrogens is 344 g/mol. The standard InChI is InChI=1S/C20H32O2.3C2H6/c1-12(21)15-5-6-17-16(15)7-8-19-18(17)4-3-13-11-14(22)9-10-20(13,19)2;3*1-2/h13-19,22H,3-11H2,1-2H3;3*1-2H3. The maximum absolute atomic E-state index is 12.0. The van der Waals surface area contributed by atoms with Crippen LogP contribution in [0.25, 0.3) is 0 Å². The zero-order valence-corrected chi connectivity index (χ0v) is 20.3. The molecule has 8 atom stereocenters. The van der Waals surface area contributed by atoms with E-state index in [9.17, 15) is 9.90 Å². The molecule has 4 saturated carbocycles. The van der Waals surface area contributed by atoms with Crippen LogP contribution in [0, 0.1) is 40.9 Å². The Morgan fingerprint density at radius 1 is 0.786 bits per heavy atom. The SMILES string of the molecule is CC.CC.CC.CC(=O)C1CCC2C1CCC1C2CCC2CC(O)CCC21C. The van der Waals surface area contributed by atoms with E-state index in [0.717, 1.165) is 42.9 Å². The number of hydrogen-bond acceptors (Lipinski definition) is 2. The number of aliphatic hydroxyl groups is 1. The number of fused-ring (bicyclic) bond motifs is 5. The normalized spacial score (nSPS) is 43.2. The van der Waals surface area contributed by atoms with Crippen molar-refractivity contribution in [3.63, 3.8) is 0 Å². The van der Waals surface area contributed by atoms with Crippen LogP contribution in [0.5, 0.6) is 0 Å². The fourth-order valence-corrected chi connectivity index (χ4v) is 7.40. The zero-order chi connectivity index (χ0) is 21.5. The van der Waals surface area contributed by atoms with Gasteiger partial charge in [-0.05, 0) is 99.7 Å². The molecule has 4 rings (SSSR count). The average Bonchev–Trinajstić information content (AvgIpc) is 3.18. The summed E-state index contributed by atoms with van der Waals surface area (Å²) in [4.78, 5) is 12.0. The highest BCUT2D eigenvalue weighted by Crippen LogP contribution is 2.63. The van der Waals surface area contributed by atoms with Gasteiger partial charge in [-0.25, -0.2) is 0 Å². The lowest BCUT2D eigenvalue weighted by atomic mass is 9.47. The number of Topliss-reactive ketones (excluding diaryl/α,β-unsaturated/α-hetero) is 1. The van der Waals surface area contributed by atoms with Crippen molar-refractivity contribution >= 4 is 5.78 Å². The van der Waals surface area contributed by atoms with Crippen molar-refractivity contribution in [1.82, 2.24) is 0 Å². The Morgan fingerprint density at radius 2 is 1.36 bits per heavy atom. The van der Waals surface area contributed by atoms with Gasteiger partial charge >= 0.3 is 0 Å². The van der Waals surface area contributed by atoms with Gasteiger partial charge in [0.1, 0.15) is 5.78 Å². The fourth-order valence-electron chi connectivity index (χ4n) is 7.40. The van der Waals surface area contributed by atoms with Gasteiger partial charge in [0.2, 0.25) is 0 Å². The number of carbonyl (C=O) groups is 1. The zero-order valence-electron chi connectivity index (χ0n) is 20.3. The fraction of sp³-hybridized carbons (Fsp3) is 0.962. The summed E-state index contributed by atoms with van der Waals surface area (Å²) >= 11 is 0. The van der Waals surface area contributed by atoms with Crippen LogP contribution in [-0.2, 0) is 4.79 Å². The molecule has 0 aliphatic heterocycles. The summed E-state index contributed by atoms with van der Waals surface area (Å²) in [6.07, 6.45) is 11.0. The van der Waals surface area contributed by atoms with Gasteiger partial charge in [0.25, 0.3) is 0 Å². The minimum Gasteiger partial charge on any atom is -0.393 e. The number of rotatable bonds is 1. The van der Waals surface area contributed by atoms with E-state index in [0.29, 0.717) is 23.0 Å². The number of ketones is 1. The summed E-state index contributed by atoms with van der Waals surface area (Å²) in [5.41, 5.74) is 0.474. The molecule has 0 spiro atoms. The van der Waals surface area contributed by atoms with Crippen LogP contribution >= 0.6 is 0 Å². The molecular formula is C26H50O2. The quantitative estimate of drug-likeness (QED) is 0.507. The van der Waals surface area contributed by atoms with Crippen molar-refractivity contribution in [2.75, 3.05) is 0 Å². The number of aliphatic hydroxyl groups excluding tert-OH is 1. The van der Waals surface area contributed by atoms with Gasteiger partial charge in [-0.15, -0.1) is 0 Å². The van der Waals surface area contributed by atoms with E-state index in [1.54, 1.807) is 0 Å². The van der Waals surface area contributed by atoms with Crippen LogP contribution in [0.3, 0.4) is 0 Å². The van der Waals surface area contributed by atoms with E-state index >= 15 is 0 Å². The van der Waals surface area contributed by atoms with Crippen LogP contribution in [0.2, 0.25) is 0 Å². The molecule has 0 saturated heterocycles. The van der Waals surface area contributed by atoms with Gasteiger partial charge < -0.3 is 5.11 Å². The molecule has 0 amide bonds. The molecule has 4 aliphatic carbocycles. The van der Waals surface area contributed by atoms with Gasteiger partial charge in [-0.2, -0.15) is 0 Å². The summed E-state index contributed by atoms with van der Waals surface area (Å²) in [7, 11) is 0. The van der Waals surface area contributed by atoms with E-state index in [1.807, 2.05) is 48.5 Å². The second-order valence-electron chi connectivity index (χ2n) is 9.18. The predicted molar refractivity (Wildman–Crippen MR) is 121 cm³/mol. The number of hydrogen-bond donors (Lipinski definition) is 1. The molecule has 2 nitrogen and oxygen atoms in total. The molecule has 0 aromatic rings. The van der Waals surface area contributed by atoms with E-state index < -0.39 is 0 Å². The van der Waals surface area contributed by atoms with Crippen molar-refractivity contribution in [3.8, 4) is 0 Å². The molecule has 0 radical (unpaired) electrons. The molecule has 28 heavy (non-hydrogen) atoms. The molecule has 0 heterocycles. The third kappa shape index (κ3) is 4.85. The summed E-state index contributed by atoms with van der Waals surface area (Å²) in [5.74, 6) is 4.85. The lowest BCUT2D eigenvalue weighted by Crippen LogP contribution is -2.52. The maximum Gasteiger partial charge on any atom is 0.133 e. The monoisotopic (exact) mass is 394 g/mol.